The molecule has 4 saturated carbocycles. The second kappa shape index (κ2) is 4.66. The average Bonchev–Trinajstić information content (AvgIpc) is 2.77. The van der Waals surface area contributed by atoms with E-state index in [0.29, 0.717) is 42.2 Å². The zero-order valence-corrected chi connectivity index (χ0v) is 13.8. The normalized spacial score (nSPS) is 54.6. The molecule has 0 aromatic rings. The number of fused-ring (bicyclic) bond motifs is 5. The van der Waals surface area contributed by atoms with Gasteiger partial charge in [0, 0.05) is 24.7 Å². The first-order chi connectivity index (χ1) is 10.4. The van der Waals surface area contributed by atoms with Crippen LogP contribution < -0.4 is 0 Å². The van der Waals surface area contributed by atoms with E-state index in [2.05, 4.69) is 13.8 Å². The third-order valence-corrected chi connectivity index (χ3v) is 8.21. The van der Waals surface area contributed by atoms with Crippen molar-refractivity contribution >= 4 is 11.6 Å². The minimum absolute atomic E-state index is 0.100. The number of carbonyl (C=O) groups excluding carboxylic acids is 2. The molecule has 0 radical (unpaired) electrons. The van der Waals surface area contributed by atoms with Gasteiger partial charge in [0.2, 0.25) is 0 Å². The Bertz CT molecular complexity index is 527. The molecule has 7 atom stereocenters. The summed E-state index contributed by atoms with van der Waals surface area (Å²) in [4.78, 5) is 24.3. The maximum absolute atomic E-state index is 12.4. The smallest absolute Gasteiger partial charge is 0.139 e. The summed E-state index contributed by atoms with van der Waals surface area (Å²) in [5.41, 5.74) is -0.0300. The van der Waals surface area contributed by atoms with Crippen LogP contribution >= 0.6 is 0 Å². The fourth-order valence-corrected chi connectivity index (χ4v) is 6.86. The zero-order chi connectivity index (χ0) is 15.7. The Morgan fingerprint density at radius 3 is 2.55 bits per heavy atom. The van der Waals surface area contributed by atoms with Gasteiger partial charge in [-0.3, -0.25) is 9.59 Å². The van der Waals surface area contributed by atoms with E-state index >= 15 is 0 Å². The van der Waals surface area contributed by atoms with Crippen molar-refractivity contribution in [2.24, 2.45) is 34.5 Å². The average molecular weight is 304 g/mol. The van der Waals surface area contributed by atoms with Gasteiger partial charge in [-0.2, -0.15) is 0 Å². The topological polar surface area (TPSA) is 54.4 Å². The van der Waals surface area contributed by atoms with Crippen LogP contribution in [0.1, 0.15) is 65.2 Å². The predicted molar refractivity (Wildman–Crippen MR) is 83.1 cm³/mol. The lowest BCUT2D eigenvalue weighted by atomic mass is 9.44. The highest BCUT2D eigenvalue weighted by atomic mass is 16.3. The molecular formula is C19H28O3. The van der Waals surface area contributed by atoms with Crippen LogP contribution in [0.3, 0.4) is 0 Å². The molecule has 4 aliphatic rings. The van der Waals surface area contributed by atoms with Crippen LogP contribution in [0, 0.1) is 34.5 Å². The van der Waals surface area contributed by atoms with E-state index < -0.39 is 0 Å². The fraction of sp³-hybridized carbons (Fsp3) is 0.895. The lowest BCUT2D eigenvalue weighted by Crippen LogP contribution is -2.57. The van der Waals surface area contributed by atoms with Gasteiger partial charge in [0.05, 0.1) is 6.10 Å². The molecule has 4 aliphatic carbocycles. The molecule has 1 N–H and O–H groups in total. The van der Waals surface area contributed by atoms with Gasteiger partial charge in [-0.1, -0.05) is 13.8 Å². The SMILES string of the molecule is C[C@]12CCC(=O)CC1[C@@H](O)C[C@@H]1[C@@H]2CC[C@]2(C)C(=O)CC[C@@H]12. The van der Waals surface area contributed by atoms with E-state index in [9.17, 15) is 14.7 Å². The number of ketones is 2. The summed E-state index contributed by atoms with van der Waals surface area (Å²) in [5.74, 6) is 2.47. The number of aliphatic hydroxyl groups is 1. The second-order valence-corrected chi connectivity index (χ2v) is 8.95. The van der Waals surface area contributed by atoms with Gasteiger partial charge in [-0.15, -0.1) is 0 Å². The molecule has 0 amide bonds. The standard InChI is InChI=1S/C19H28O3/c1-18-7-5-11(20)9-15(18)16(21)10-12-13-3-4-17(22)19(13,2)8-6-14(12)18/h12-16,21H,3-10H2,1-2H3/t12-,13-,14-,15?,16-,18+,19-/m0/s1. The van der Waals surface area contributed by atoms with E-state index in [4.69, 9.17) is 0 Å². The van der Waals surface area contributed by atoms with Crippen LogP contribution in [-0.4, -0.2) is 22.8 Å². The Hall–Kier alpha value is -0.700. The largest absolute Gasteiger partial charge is 0.393 e. The Morgan fingerprint density at radius 2 is 1.77 bits per heavy atom. The lowest BCUT2D eigenvalue weighted by Gasteiger charge is -2.60. The molecule has 0 aliphatic heterocycles. The number of hydrogen-bond acceptors (Lipinski definition) is 3. The molecule has 0 bridgehead atoms. The van der Waals surface area contributed by atoms with Gasteiger partial charge < -0.3 is 5.11 Å². The fourth-order valence-electron chi connectivity index (χ4n) is 6.86. The minimum atomic E-state index is -0.353. The molecule has 122 valence electrons. The summed E-state index contributed by atoms with van der Waals surface area (Å²) in [6, 6.07) is 0. The molecule has 3 heteroatoms. The molecule has 22 heavy (non-hydrogen) atoms. The van der Waals surface area contributed by atoms with Gasteiger partial charge in [-0.05, 0) is 61.2 Å². The van der Waals surface area contributed by atoms with E-state index in [1.54, 1.807) is 0 Å². The molecular weight excluding hydrogens is 276 g/mol. The summed E-state index contributed by atoms with van der Waals surface area (Å²) in [6.07, 6.45) is 6.53. The highest BCUT2D eigenvalue weighted by Gasteiger charge is 2.62. The second-order valence-electron chi connectivity index (χ2n) is 8.95. The quantitative estimate of drug-likeness (QED) is 0.748. The summed E-state index contributed by atoms with van der Waals surface area (Å²) in [5, 5.41) is 10.8. The summed E-state index contributed by atoms with van der Waals surface area (Å²) >= 11 is 0. The molecule has 3 nitrogen and oxygen atoms in total. The van der Waals surface area contributed by atoms with Crippen LogP contribution in [0.5, 0.6) is 0 Å². The minimum Gasteiger partial charge on any atom is -0.393 e. The third kappa shape index (κ3) is 1.78. The number of rotatable bonds is 0. The molecule has 0 saturated heterocycles. The maximum atomic E-state index is 12.4. The van der Waals surface area contributed by atoms with Crippen LogP contribution in [0.2, 0.25) is 0 Å². The van der Waals surface area contributed by atoms with Gasteiger partial charge >= 0.3 is 0 Å². The van der Waals surface area contributed by atoms with Crippen molar-refractivity contribution in [3.63, 3.8) is 0 Å². The summed E-state index contributed by atoms with van der Waals surface area (Å²) < 4.78 is 0. The number of Topliss-reactive ketones (excluding diaryl/α,β-unsaturated/α-hetero) is 2. The van der Waals surface area contributed by atoms with Gasteiger partial charge in [0.1, 0.15) is 11.6 Å². The van der Waals surface area contributed by atoms with E-state index in [0.717, 1.165) is 38.5 Å². The van der Waals surface area contributed by atoms with Gasteiger partial charge in [0.25, 0.3) is 0 Å². The highest BCUT2D eigenvalue weighted by molar-refractivity contribution is 5.87. The Labute approximate surface area is 132 Å². The van der Waals surface area contributed by atoms with Crippen molar-refractivity contribution in [2.75, 3.05) is 0 Å². The van der Waals surface area contributed by atoms with E-state index in [1.807, 2.05) is 0 Å². The van der Waals surface area contributed by atoms with Crippen LogP contribution in [0.25, 0.3) is 0 Å². The number of aliphatic hydroxyl groups excluding tert-OH is 1. The first kappa shape index (κ1) is 14.9. The molecule has 4 rings (SSSR count). The summed E-state index contributed by atoms with van der Waals surface area (Å²) in [7, 11) is 0. The van der Waals surface area contributed by atoms with E-state index in [-0.39, 0.29) is 22.9 Å². The molecule has 4 fully saturated rings. The predicted octanol–water partition coefficient (Wildman–Crippen LogP) is 3.14. The van der Waals surface area contributed by atoms with Crippen LogP contribution in [-0.2, 0) is 9.59 Å². The highest BCUT2D eigenvalue weighted by Crippen LogP contribution is 2.65. The van der Waals surface area contributed by atoms with Gasteiger partial charge in [-0.25, -0.2) is 0 Å². The first-order valence-corrected chi connectivity index (χ1v) is 9.09. The van der Waals surface area contributed by atoms with Crippen LogP contribution in [0.4, 0.5) is 0 Å². The van der Waals surface area contributed by atoms with Crippen molar-refractivity contribution in [1.29, 1.82) is 0 Å². The Morgan fingerprint density at radius 1 is 1.00 bits per heavy atom. The number of hydrogen-bond donors (Lipinski definition) is 1. The van der Waals surface area contributed by atoms with E-state index in [1.165, 1.54) is 0 Å². The van der Waals surface area contributed by atoms with Crippen molar-refractivity contribution < 1.29 is 14.7 Å². The number of carbonyl (C=O) groups is 2. The zero-order valence-electron chi connectivity index (χ0n) is 13.8. The molecule has 1 unspecified atom stereocenters. The molecule has 0 aromatic carbocycles. The van der Waals surface area contributed by atoms with Crippen molar-refractivity contribution in [3.8, 4) is 0 Å². The van der Waals surface area contributed by atoms with Crippen molar-refractivity contribution in [2.45, 2.75) is 71.3 Å². The monoisotopic (exact) mass is 304 g/mol. The Kier molecular flexibility index (Phi) is 3.15. The molecule has 0 aromatic heterocycles. The lowest BCUT2D eigenvalue weighted by molar-refractivity contribution is -0.165. The third-order valence-electron chi connectivity index (χ3n) is 8.21. The summed E-state index contributed by atoms with van der Waals surface area (Å²) in [6.45, 7) is 4.50. The van der Waals surface area contributed by atoms with Gasteiger partial charge in [0.15, 0.2) is 0 Å². The Balaban J connectivity index is 1.69. The van der Waals surface area contributed by atoms with Crippen molar-refractivity contribution in [3.05, 3.63) is 0 Å². The maximum Gasteiger partial charge on any atom is 0.139 e. The molecule has 0 spiro atoms. The van der Waals surface area contributed by atoms with Crippen LogP contribution in [0.15, 0.2) is 0 Å². The first-order valence-electron chi connectivity index (χ1n) is 9.09. The molecule has 0 heterocycles. The van der Waals surface area contributed by atoms with Crippen molar-refractivity contribution in [1.82, 2.24) is 0 Å².